The summed E-state index contributed by atoms with van der Waals surface area (Å²) < 4.78 is 12.9. The Bertz CT molecular complexity index is 399. The summed E-state index contributed by atoms with van der Waals surface area (Å²) in [6.45, 7) is 7.06. The molecule has 1 atom stereocenters. The molecule has 1 aromatic rings. The molecule has 0 aromatic heterocycles. The van der Waals surface area contributed by atoms with Crippen molar-refractivity contribution in [3.63, 3.8) is 0 Å². The Balaban J connectivity index is 2.51. The van der Waals surface area contributed by atoms with Gasteiger partial charge in [0.05, 0.1) is 22.7 Å². The van der Waals surface area contributed by atoms with Crippen LogP contribution in [0.25, 0.3) is 0 Å². The summed E-state index contributed by atoms with van der Waals surface area (Å²) in [6.07, 6.45) is 1.16. The highest BCUT2D eigenvalue weighted by Crippen LogP contribution is 2.36. The summed E-state index contributed by atoms with van der Waals surface area (Å²) in [5.41, 5.74) is 0. The Hall–Kier alpha value is -0.260. The van der Waals surface area contributed by atoms with Crippen LogP contribution in [-0.4, -0.2) is 26.8 Å². The smallest absolute Gasteiger partial charge is 0.134 e. The van der Waals surface area contributed by atoms with Gasteiger partial charge in [0.15, 0.2) is 0 Å². The molecule has 0 saturated carbocycles. The lowest BCUT2D eigenvalue weighted by atomic mass is 10.2. The van der Waals surface area contributed by atoms with Gasteiger partial charge in [0.25, 0.3) is 0 Å². The Morgan fingerprint density at radius 1 is 1.21 bits per heavy atom. The maximum absolute atomic E-state index is 5.84. The van der Waals surface area contributed by atoms with Crippen molar-refractivity contribution in [1.82, 2.24) is 5.32 Å². The van der Waals surface area contributed by atoms with Gasteiger partial charge in [-0.25, -0.2) is 0 Å². The highest BCUT2D eigenvalue weighted by Gasteiger charge is 2.10. The molecule has 1 N–H and O–H groups in total. The average molecular weight is 395 g/mol. The van der Waals surface area contributed by atoms with Gasteiger partial charge in [-0.05, 0) is 57.0 Å². The van der Waals surface area contributed by atoms with Gasteiger partial charge in [0, 0.05) is 12.5 Å². The van der Waals surface area contributed by atoms with Crippen molar-refractivity contribution in [3.05, 3.63) is 21.1 Å². The number of methoxy groups -OCH3 is 1. The first-order chi connectivity index (χ1) is 9.08. The predicted octanol–water partition coefficient (Wildman–Crippen LogP) is 4.23. The number of benzene rings is 1. The molecule has 0 bridgehead atoms. The minimum Gasteiger partial charge on any atom is -0.496 e. The number of ether oxygens (including phenoxy) is 2. The maximum Gasteiger partial charge on any atom is 0.134 e. The molecule has 0 aliphatic carbocycles. The molecular formula is C14H21Br2NO2. The zero-order valence-corrected chi connectivity index (χ0v) is 14.8. The molecule has 0 radical (unpaired) electrons. The van der Waals surface area contributed by atoms with E-state index in [1.807, 2.05) is 12.1 Å². The third-order valence-electron chi connectivity index (χ3n) is 2.65. The molecule has 3 nitrogen and oxygen atoms in total. The molecule has 0 spiro atoms. The molecule has 0 amide bonds. The number of nitrogens with one attached hydrogen (secondary N) is 1. The van der Waals surface area contributed by atoms with Crippen LogP contribution in [0.4, 0.5) is 0 Å². The van der Waals surface area contributed by atoms with Gasteiger partial charge in [0.2, 0.25) is 0 Å². The van der Waals surface area contributed by atoms with Crippen LogP contribution in [0, 0.1) is 5.92 Å². The highest BCUT2D eigenvalue weighted by atomic mass is 79.9. The van der Waals surface area contributed by atoms with E-state index in [-0.39, 0.29) is 0 Å². The monoisotopic (exact) mass is 393 g/mol. The van der Waals surface area contributed by atoms with Crippen LogP contribution in [0.15, 0.2) is 21.1 Å². The highest BCUT2D eigenvalue weighted by molar-refractivity contribution is 9.11. The van der Waals surface area contributed by atoms with E-state index in [0.717, 1.165) is 40.0 Å². The Labute approximate surface area is 132 Å². The molecule has 19 heavy (non-hydrogen) atoms. The van der Waals surface area contributed by atoms with Crippen LogP contribution in [0.1, 0.15) is 20.3 Å². The Morgan fingerprint density at radius 2 is 1.84 bits per heavy atom. The minimum atomic E-state index is 0.472. The number of hydrogen-bond acceptors (Lipinski definition) is 3. The van der Waals surface area contributed by atoms with E-state index in [9.17, 15) is 0 Å². The van der Waals surface area contributed by atoms with Crippen LogP contribution < -0.4 is 14.8 Å². The fourth-order valence-electron chi connectivity index (χ4n) is 1.59. The fraction of sp³-hybridized carbons (Fsp3) is 0.571. The summed E-state index contributed by atoms with van der Waals surface area (Å²) in [5, 5.41) is 3.39. The lowest BCUT2D eigenvalue weighted by molar-refractivity contribution is 0.254. The molecule has 0 fully saturated rings. The minimum absolute atomic E-state index is 0.472. The molecule has 1 rings (SSSR count). The molecule has 0 heterocycles. The first-order valence-electron chi connectivity index (χ1n) is 6.45. The number of halogens is 2. The molecule has 0 aliphatic heterocycles. The SMILES string of the molecule is CCCNCC(C)COc1cc(Br)c(OC)cc1Br. The zero-order valence-electron chi connectivity index (χ0n) is 11.6. The van der Waals surface area contributed by atoms with Crippen molar-refractivity contribution in [2.45, 2.75) is 20.3 Å². The van der Waals surface area contributed by atoms with E-state index >= 15 is 0 Å². The van der Waals surface area contributed by atoms with Crippen molar-refractivity contribution in [3.8, 4) is 11.5 Å². The van der Waals surface area contributed by atoms with Crippen molar-refractivity contribution in [2.24, 2.45) is 5.92 Å². The fourth-order valence-corrected chi connectivity index (χ4v) is 2.51. The second kappa shape index (κ2) is 8.82. The van der Waals surface area contributed by atoms with Gasteiger partial charge in [-0.2, -0.15) is 0 Å². The molecule has 0 aliphatic rings. The van der Waals surface area contributed by atoms with Crippen LogP contribution in [0.3, 0.4) is 0 Å². The van der Waals surface area contributed by atoms with Crippen LogP contribution in [0.2, 0.25) is 0 Å². The molecule has 1 unspecified atom stereocenters. The Kier molecular flexibility index (Phi) is 7.80. The number of hydrogen-bond donors (Lipinski definition) is 1. The summed E-state index contributed by atoms with van der Waals surface area (Å²) in [7, 11) is 1.65. The molecule has 5 heteroatoms. The van der Waals surface area contributed by atoms with Crippen molar-refractivity contribution in [1.29, 1.82) is 0 Å². The Morgan fingerprint density at radius 3 is 2.47 bits per heavy atom. The largest absolute Gasteiger partial charge is 0.496 e. The van der Waals surface area contributed by atoms with Gasteiger partial charge < -0.3 is 14.8 Å². The van der Waals surface area contributed by atoms with Gasteiger partial charge in [-0.15, -0.1) is 0 Å². The average Bonchev–Trinajstić information content (AvgIpc) is 2.39. The van der Waals surface area contributed by atoms with Crippen molar-refractivity contribution in [2.75, 3.05) is 26.8 Å². The quantitative estimate of drug-likeness (QED) is 0.669. The molecule has 108 valence electrons. The normalized spacial score (nSPS) is 12.3. The first kappa shape index (κ1) is 16.8. The summed E-state index contributed by atoms with van der Waals surface area (Å²) in [4.78, 5) is 0. The van der Waals surface area contributed by atoms with E-state index in [1.54, 1.807) is 7.11 Å². The standard InChI is InChI=1S/C14H21Br2NO2/c1-4-5-17-8-10(2)9-19-14-7-11(15)13(18-3)6-12(14)16/h6-7,10,17H,4-5,8-9H2,1-3H3. The van der Waals surface area contributed by atoms with Gasteiger partial charge in [-0.3, -0.25) is 0 Å². The lowest BCUT2D eigenvalue weighted by Crippen LogP contribution is -2.25. The maximum atomic E-state index is 5.84. The van der Waals surface area contributed by atoms with Gasteiger partial charge in [-0.1, -0.05) is 13.8 Å². The summed E-state index contributed by atoms with van der Waals surface area (Å²) >= 11 is 6.96. The summed E-state index contributed by atoms with van der Waals surface area (Å²) in [6, 6.07) is 3.83. The first-order valence-corrected chi connectivity index (χ1v) is 8.03. The molecular weight excluding hydrogens is 374 g/mol. The van der Waals surface area contributed by atoms with Gasteiger partial charge >= 0.3 is 0 Å². The summed E-state index contributed by atoms with van der Waals surface area (Å²) in [5.74, 6) is 2.09. The van der Waals surface area contributed by atoms with E-state index < -0.39 is 0 Å². The predicted molar refractivity (Wildman–Crippen MR) is 86.2 cm³/mol. The third-order valence-corrected chi connectivity index (χ3v) is 3.89. The van der Waals surface area contributed by atoms with Crippen molar-refractivity contribution < 1.29 is 9.47 Å². The topological polar surface area (TPSA) is 30.5 Å². The second-order valence-electron chi connectivity index (χ2n) is 4.54. The van der Waals surface area contributed by atoms with Crippen molar-refractivity contribution >= 4 is 31.9 Å². The van der Waals surface area contributed by atoms with Crippen LogP contribution >= 0.6 is 31.9 Å². The molecule has 0 saturated heterocycles. The van der Waals surface area contributed by atoms with Gasteiger partial charge in [0.1, 0.15) is 11.5 Å². The van der Waals surface area contributed by atoms with Crippen LogP contribution in [0.5, 0.6) is 11.5 Å². The van der Waals surface area contributed by atoms with E-state index in [4.69, 9.17) is 9.47 Å². The van der Waals surface area contributed by atoms with Crippen LogP contribution in [-0.2, 0) is 0 Å². The van der Waals surface area contributed by atoms with E-state index in [1.165, 1.54) is 0 Å². The van der Waals surface area contributed by atoms with E-state index in [2.05, 4.69) is 51.0 Å². The second-order valence-corrected chi connectivity index (χ2v) is 6.25. The zero-order chi connectivity index (χ0) is 14.3. The molecule has 1 aromatic carbocycles. The third kappa shape index (κ3) is 5.71. The number of rotatable bonds is 8. The van der Waals surface area contributed by atoms with E-state index in [0.29, 0.717) is 12.5 Å². The lowest BCUT2D eigenvalue weighted by Gasteiger charge is -2.15.